The summed E-state index contributed by atoms with van der Waals surface area (Å²) in [5.74, 6) is 1.62. The molecule has 26 heavy (non-hydrogen) atoms. The zero-order chi connectivity index (χ0) is 18.2. The van der Waals surface area contributed by atoms with Crippen LogP contribution in [0.5, 0.6) is 0 Å². The van der Waals surface area contributed by atoms with Crippen molar-refractivity contribution in [2.24, 2.45) is 5.92 Å². The minimum atomic E-state index is -0.0113. The van der Waals surface area contributed by atoms with Gasteiger partial charge in [-0.05, 0) is 42.9 Å². The van der Waals surface area contributed by atoms with E-state index in [0.29, 0.717) is 12.5 Å². The summed E-state index contributed by atoms with van der Waals surface area (Å²) in [7, 11) is 1.87. The van der Waals surface area contributed by atoms with Gasteiger partial charge >= 0.3 is 6.03 Å². The lowest BCUT2D eigenvalue weighted by molar-refractivity contribution is 0.0586. The van der Waals surface area contributed by atoms with E-state index >= 15 is 0 Å². The Morgan fingerprint density at radius 1 is 1.19 bits per heavy atom. The van der Waals surface area contributed by atoms with Gasteiger partial charge in [0.15, 0.2) is 0 Å². The largest absolute Gasteiger partial charge is 0.469 e. The van der Waals surface area contributed by atoms with E-state index in [-0.39, 0.29) is 11.9 Å². The van der Waals surface area contributed by atoms with Crippen molar-refractivity contribution in [1.82, 2.24) is 10.2 Å². The summed E-state index contributed by atoms with van der Waals surface area (Å²) in [4.78, 5) is 14.2. The molecule has 0 saturated carbocycles. The first kappa shape index (κ1) is 18.5. The first-order valence-electron chi connectivity index (χ1n) is 9.39. The zero-order valence-electron chi connectivity index (χ0n) is 15.4. The van der Waals surface area contributed by atoms with Crippen LogP contribution in [0.1, 0.15) is 36.5 Å². The fourth-order valence-electron chi connectivity index (χ4n) is 3.51. The Kier molecular flexibility index (Phi) is 6.72. The van der Waals surface area contributed by atoms with Crippen molar-refractivity contribution in [3.05, 3.63) is 60.1 Å². The highest BCUT2D eigenvalue weighted by Crippen LogP contribution is 2.27. The van der Waals surface area contributed by atoms with E-state index in [2.05, 4.69) is 17.4 Å². The smallest absolute Gasteiger partial charge is 0.317 e. The molecule has 1 aromatic carbocycles. The second kappa shape index (κ2) is 9.43. The molecule has 5 nitrogen and oxygen atoms in total. The normalized spacial score (nSPS) is 16.2. The van der Waals surface area contributed by atoms with Crippen molar-refractivity contribution in [3.63, 3.8) is 0 Å². The van der Waals surface area contributed by atoms with E-state index in [1.165, 1.54) is 5.56 Å². The predicted molar refractivity (Wildman–Crippen MR) is 101 cm³/mol. The SMILES string of the molecule is CN(CC1CCOCC1)C(=O)NCC[C@H](c1ccccc1)c1ccco1. The summed E-state index contributed by atoms with van der Waals surface area (Å²) in [6.45, 7) is 3.01. The van der Waals surface area contributed by atoms with Gasteiger partial charge in [-0.3, -0.25) is 0 Å². The lowest BCUT2D eigenvalue weighted by Gasteiger charge is -2.27. The predicted octanol–water partition coefficient (Wildman–Crippen LogP) is 3.87. The first-order chi connectivity index (χ1) is 12.7. The van der Waals surface area contributed by atoms with Crippen LogP contribution in [0.25, 0.3) is 0 Å². The third-order valence-corrected chi connectivity index (χ3v) is 5.02. The van der Waals surface area contributed by atoms with Crippen LogP contribution in [0.4, 0.5) is 4.79 Å². The number of benzene rings is 1. The van der Waals surface area contributed by atoms with Crippen LogP contribution in [-0.4, -0.2) is 44.3 Å². The molecule has 1 aromatic heterocycles. The first-order valence-corrected chi connectivity index (χ1v) is 9.39. The maximum atomic E-state index is 12.4. The molecule has 5 heteroatoms. The Morgan fingerprint density at radius 2 is 1.96 bits per heavy atom. The van der Waals surface area contributed by atoms with Crippen molar-refractivity contribution < 1.29 is 13.9 Å². The van der Waals surface area contributed by atoms with Crippen LogP contribution in [0.2, 0.25) is 0 Å². The van der Waals surface area contributed by atoms with Gasteiger partial charge in [0, 0.05) is 39.3 Å². The summed E-state index contributed by atoms with van der Waals surface area (Å²) in [5, 5.41) is 3.05. The molecule has 0 radical (unpaired) electrons. The average molecular weight is 356 g/mol. The zero-order valence-corrected chi connectivity index (χ0v) is 15.4. The minimum Gasteiger partial charge on any atom is -0.469 e. The van der Waals surface area contributed by atoms with Gasteiger partial charge in [-0.15, -0.1) is 0 Å². The highest BCUT2D eigenvalue weighted by Gasteiger charge is 2.20. The average Bonchev–Trinajstić information content (AvgIpc) is 3.21. The number of rotatable bonds is 7. The van der Waals surface area contributed by atoms with Gasteiger partial charge < -0.3 is 19.4 Å². The van der Waals surface area contributed by atoms with Crippen LogP contribution in [0, 0.1) is 5.92 Å². The van der Waals surface area contributed by atoms with Crippen LogP contribution >= 0.6 is 0 Å². The number of urea groups is 1. The highest BCUT2D eigenvalue weighted by atomic mass is 16.5. The second-order valence-electron chi connectivity index (χ2n) is 6.94. The quantitative estimate of drug-likeness (QED) is 0.819. The Bertz CT molecular complexity index is 651. The molecule has 1 fully saturated rings. The monoisotopic (exact) mass is 356 g/mol. The molecule has 1 atom stereocenters. The molecule has 0 unspecified atom stereocenters. The Morgan fingerprint density at radius 3 is 2.65 bits per heavy atom. The molecule has 0 aliphatic carbocycles. The van der Waals surface area contributed by atoms with Gasteiger partial charge in [0.25, 0.3) is 0 Å². The lowest BCUT2D eigenvalue weighted by atomic mass is 9.93. The summed E-state index contributed by atoms with van der Waals surface area (Å²) in [6.07, 6.45) is 4.57. The summed E-state index contributed by atoms with van der Waals surface area (Å²) in [5.41, 5.74) is 1.20. The van der Waals surface area contributed by atoms with Gasteiger partial charge in [0.05, 0.1) is 6.26 Å². The van der Waals surface area contributed by atoms with Gasteiger partial charge in [-0.2, -0.15) is 0 Å². The molecule has 3 rings (SSSR count). The van der Waals surface area contributed by atoms with E-state index < -0.39 is 0 Å². The molecular weight excluding hydrogens is 328 g/mol. The molecule has 1 N–H and O–H groups in total. The molecular formula is C21H28N2O3. The van der Waals surface area contributed by atoms with Crippen LogP contribution < -0.4 is 5.32 Å². The van der Waals surface area contributed by atoms with Crippen LogP contribution in [-0.2, 0) is 4.74 Å². The van der Waals surface area contributed by atoms with Crippen molar-refractivity contribution in [2.45, 2.75) is 25.2 Å². The number of hydrogen-bond acceptors (Lipinski definition) is 3. The van der Waals surface area contributed by atoms with Crippen LogP contribution in [0.15, 0.2) is 53.1 Å². The maximum Gasteiger partial charge on any atom is 0.317 e. The van der Waals surface area contributed by atoms with E-state index in [1.54, 1.807) is 11.2 Å². The molecule has 2 heterocycles. The van der Waals surface area contributed by atoms with Crippen LogP contribution in [0.3, 0.4) is 0 Å². The van der Waals surface area contributed by atoms with Crippen molar-refractivity contribution >= 4 is 6.03 Å². The molecule has 1 aliphatic heterocycles. The minimum absolute atomic E-state index is 0.0113. The standard InChI is InChI=1S/C21H28N2O3/c1-23(16-17-10-14-25-15-11-17)21(24)22-12-9-19(20-8-5-13-26-20)18-6-3-2-4-7-18/h2-8,13,17,19H,9-12,14-16H2,1H3,(H,22,24)/t19-/m1/s1. The number of amides is 2. The summed E-state index contributed by atoms with van der Waals surface area (Å²) in [6, 6.07) is 14.2. The van der Waals surface area contributed by atoms with E-state index in [1.807, 2.05) is 37.4 Å². The van der Waals surface area contributed by atoms with Gasteiger partial charge in [0.2, 0.25) is 0 Å². The molecule has 1 aliphatic rings. The second-order valence-corrected chi connectivity index (χ2v) is 6.94. The lowest BCUT2D eigenvalue weighted by Crippen LogP contribution is -2.41. The fraction of sp³-hybridized carbons (Fsp3) is 0.476. The van der Waals surface area contributed by atoms with Gasteiger partial charge in [-0.25, -0.2) is 4.79 Å². The fourth-order valence-corrected chi connectivity index (χ4v) is 3.51. The number of nitrogens with one attached hydrogen (secondary N) is 1. The third-order valence-electron chi connectivity index (χ3n) is 5.02. The topological polar surface area (TPSA) is 54.7 Å². The molecule has 2 aromatic rings. The molecule has 140 valence electrons. The van der Waals surface area contributed by atoms with Gasteiger partial charge in [0.1, 0.15) is 5.76 Å². The molecule has 1 saturated heterocycles. The Labute approximate surface area is 155 Å². The highest BCUT2D eigenvalue weighted by molar-refractivity contribution is 5.73. The Hall–Kier alpha value is -2.27. The Balaban J connectivity index is 1.50. The molecule has 0 spiro atoms. The number of carbonyl (C=O) groups is 1. The number of hydrogen-bond donors (Lipinski definition) is 1. The van der Waals surface area contributed by atoms with E-state index in [9.17, 15) is 4.79 Å². The van der Waals surface area contributed by atoms with E-state index in [0.717, 1.165) is 44.8 Å². The molecule has 0 bridgehead atoms. The molecule has 2 amide bonds. The van der Waals surface area contributed by atoms with Gasteiger partial charge in [-0.1, -0.05) is 30.3 Å². The number of furan rings is 1. The summed E-state index contributed by atoms with van der Waals surface area (Å²) < 4.78 is 11.0. The third kappa shape index (κ3) is 5.11. The van der Waals surface area contributed by atoms with Crippen molar-refractivity contribution in [1.29, 1.82) is 0 Å². The number of ether oxygens (including phenoxy) is 1. The van der Waals surface area contributed by atoms with Crippen molar-refractivity contribution in [2.75, 3.05) is 33.4 Å². The maximum absolute atomic E-state index is 12.4. The van der Waals surface area contributed by atoms with Crippen molar-refractivity contribution in [3.8, 4) is 0 Å². The van der Waals surface area contributed by atoms with E-state index in [4.69, 9.17) is 9.15 Å². The number of carbonyl (C=O) groups excluding carboxylic acids is 1. The summed E-state index contributed by atoms with van der Waals surface area (Å²) >= 11 is 0. The number of nitrogens with zero attached hydrogens (tertiary/aromatic N) is 1.